The van der Waals surface area contributed by atoms with Gasteiger partial charge in [-0.15, -0.1) is 0 Å². The molecule has 1 saturated heterocycles. The van der Waals surface area contributed by atoms with Crippen LogP contribution in [0.4, 0.5) is 11.6 Å². The van der Waals surface area contributed by atoms with E-state index in [1.165, 1.54) is 0 Å². The van der Waals surface area contributed by atoms with Gasteiger partial charge in [0, 0.05) is 24.8 Å². The number of halogens is 1. The molecule has 0 radical (unpaired) electrons. The Morgan fingerprint density at radius 3 is 2.59 bits per heavy atom. The molecule has 1 atom stereocenters. The fourth-order valence-electron chi connectivity index (χ4n) is 4.49. The van der Waals surface area contributed by atoms with Crippen LogP contribution < -0.4 is 15.0 Å². The minimum atomic E-state index is -1.04. The summed E-state index contributed by atoms with van der Waals surface area (Å²) in [4.78, 5) is 22.6. The zero-order valence-corrected chi connectivity index (χ0v) is 22.2. The third-order valence-corrected chi connectivity index (χ3v) is 6.99. The molecule has 0 saturated carbocycles. The van der Waals surface area contributed by atoms with Crippen molar-refractivity contribution in [2.75, 3.05) is 29.9 Å². The molecule has 0 spiro atoms. The number of carbonyl (C=O) groups is 1. The van der Waals surface area contributed by atoms with Crippen LogP contribution in [0.15, 0.2) is 47.1 Å². The molecule has 0 amide bonds. The molecule has 3 aromatic rings. The summed E-state index contributed by atoms with van der Waals surface area (Å²) in [6.07, 6.45) is 3.34. The van der Waals surface area contributed by atoms with Gasteiger partial charge in [-0.05, 0) is 83.6 Å². The van der Waals surface area contributed by atoms with Crippen molar-refractivity contribution in [2.24, 2.45) is 0 Å². The molecule has 1 aliphatic rings. The number of carboxylic acids is 1. The topological polar surface area (TPSA) is 132 Å². The maximum Gasteiger partial charge on any atom is 0.313 e. The second-order valence-corrected chi connectivity index (χ2v) is 9.93. The van der Waals surface area contributed by atoms with Crippen LogP contribution in [0.3, 0.4) is 0 Å². The van der Waals surface area contributed by atoms with Crippen LogP contribution >= 0.6 is 15.9 Å². The molecule has 3 N–H and O–H groups in total. The first-order valence-corrected chi connectivity index (χ1v) is 12.7. The molecular weight excluding hydrogens is 538 g/mol. The SMILES string of the molecule is Cc1cc(C#N)cc(C)c1Oc1nc(NC2CCN(c3cccc(C(CO)C(=O)O)c3)CC2)ncc1Br. The van der Waals surface area contributed by atoms with Gasteiger partial charge < -0.3 is 25.2 Å². The number of benzene rings is 2. The zero-order valence-electron chi connectivity index (χ0n) is 20.6. The number of nitrogens with zero attached hydrogens (tertiary/aromatic N) is 4. The van der Waals surface area contributed by atoms with E-state index in [1.54, 1.807) is 24.4 Å². The van der Waals surface area contributed by atoms with Crippen molar-refractivity contribution in [3.8, 4) is 17.7 Å². The number of aryl methyl sites for hydroxylation is 2. The van der Waals surface area contributed by atoms with Crippen LogP contribution in [0.2, 0.25) is 0 Å². The standard InChI is InChI=1S/C27H28BrN5O4/c1-16-10-18(13-29)11-17(2)24(16)37-25-23(28)14-30-27(32-25)31-20-6-8-33(9-7-20)21-5-3-4-19(12-21)22(15-34)26(35)36/h3-5,10-12,14,20,22,34H,6-9,15H2,1-2H3,(H,35,36)(H,30,31,32). The van der Waals surface area contributed by atoms with Crippen molar-refractivity contribution < 1.29 is 19.7 Å². The number of hydrogen-bond donors (Lipinski definition) is 3. The summed E-state index contributed by atoms with van der Waals surface area (Å²) in [5, 5.41) is 31.4. The average molecular weight is 566 g/mol. The van der Waals surface area contributed by atoms with E-state index in [4.69, 9.17) is 4.74 Å². The quantitative estimate of drug-likeness (QED) is 0.353. The highest BCUT2D eigenvalue weighted by atomic mass is 79.9. The fraction of sp³-hybridized carbons (Fsp3) is 0.333. The molecule has 9 nitrogen and oxygen atoms in total. The lowest BCUT2D eigenvalue weighted by Gasteiger charge is -2.34. The minimum Gasteiger partial charge on any atom is -0.481 e. The van der Waals surface area contributed by atoms with Crippen molar-refractivity contribution in [2.45, 2.75) is 38.6 Å². The average Bonchev–Trinajstić information content (AvgIpc) is 2.88. The van der Waals surface area contributed by atoms with Crippen molar-refractivity contribution in [1.29, 1.82) is 5.26 Å². The predicted octanol–water partition coefficient (Wildman–Crippen LogP) is 4.76. The highest BCUT2D eigenvalue weighted by molar-refractivity contribution is 9.10. The summed E-state index contributed by atoms with van der Waals surface area (Å²) in [7, 11) is 0. The number of aromatic nitrogens is 2. The van der Waals surface area contributed by atoms with Gasteiger partial charge in [0.2, 0.25) is 11.8 Å². The molecule has 1 fully saturated rings. The van der Waals surface area contributed by atoms with E-state index in [0.29, 0.717) is 33.2 Å². The smallest absolute Gasteiger partial charge is 0.313 e. The van der Waals surface area contributed by atoms with Gasteiger partial charge in [-0.1, -0.05) is 12.1 Å². The first-order valence-electron chi connectivity index (χ1n) is 12.0. The molecule has 0 bridgehead atoms. The Balaban J connectivity index is 1.41. The number of nitriles is 1. The number of aliphatic carboxylic acids is 1. The number of anilines is 2. The molecule has 2 heterocycles. The van der Waals surface area contributed by atoms with Crippen LogP contribution in [-0.2, 0) is 4.79 Å². The van der Waals surface area contributed by atoms with E-state index in [1.807, 2.05) is 32.0 Å². The summed E-state index contributed by atoms with van der Waals surface area (Å²) >= 11 is 3.46. The van der Waals surface area contributed by atoms with E-state index >= 15 is 0 Å². The van der Waals surface area contributed by atoms with E-state index in [9.17, 15) is 20.3 Å². The summed E-state index contributed by atoms with van der Waals surface area (Å²) < 4.78 is 6.74. The largest absolute Gasteiger partial charge is 0.481 e. The number of aliphatic hydroxyl groups excluding tert-OH is 1. The zero-order chi connectivity index (χ0) is 26.5. The Hall–Kier alpha value is -3.68. The minimum absolute atomic E-state index is 0.163. The molecule has 1 aromatic heterocycles. The normalized spacial score (nSPS) is 14.6. The first-order chi connectivity index (χ1) is 17.8. The van der Waals surface area contributed by atoms with E-state index in [2.05, 4.69) is 42.2 Å². The number of piperidine rings is 1. The van der Waals surface area contributed by atoms with Crippen molar-refractivity contribution in [1.82, 2.24) is 9.97 Å². The van der Waals surface area contributed by atoms with Gasteiger partial charge in [0.15, 0.2) is 0 Å². The lowest BCUT2D eigenvalue weighted by atomic mass is 9.98. The van der Waals surface area contributed by atoms with Crippen molar-refractivity contribution in [3.63, 3.8) is 0 Å². The molecule has 0 aliphatic carbocycles. The number of ether oxygens (including phenoxy) is 1. The summed E-state index contributed by atoms with van der Waals surface area (Å²) in [6, 6.07) is 13.3. The lowest BCUT2D eigenvalue weighted by Crippen LogP contribution is -2.39. The lowest BCUT2D eigenvalue weighted by molar-refractivity contribution is -0.139. The number of rotatable bonds is 8. The van der Waals surface area contributed by atoms with Gasteiger partial charge in [-0.2, -0.15) is 10.2 Å². The van der Waals surface area contributed by atoms with Gasteiger partial charge in [0.05, 0.1) is 28.9 Å². The Morgan fingerprint density at radius 2 is 1.97 bits per heavy atom. The molecule has 1 aliphatic heterocycles. The van der Waals surface area contributed by atoms with Crippen molar-refractivity contribution in [3.05, 3.63) is 69.3 Å². The molecule has 4 rings (SSSR count). The molecule has 10 heteroatoms. The Kier molecular flexibility index (Phi) is 8.26. The van der Waals surface area contributed by atoms with Crippen LogP contribution in [0.25, 0.3) is 0 Å². The maximum absolute atomic E-state index is 11.4. The van der Waals surface area contributed by atoms with E-state index < -0.39 is 18.5 Å². The van der Waals surface area contributed by atoms with Crippen molar-refractivity contribution >= 4 is 33.5 Å². The predicted molar refractivity (Wildman–Crippen MR) is 143 cm³/mol. The Labute approximate surface area is 223 Å². The second-order valence-electron chi connectivity index (χ2n) is 9.07. The highest BCUT2D eigenvalue weighted by Gasteiger charge is 2.23. The third kappa shape index (κ3) is 6.18. The van der Waals surface area contributed by atoms with Gasteiger partial charge >= 0.3 is 5.97 Å². The Bertz CT molecular complexity index is 1310. The van der Waals surface area contributed by atoms with Gasteiger partial charge in [0.1, 0.15) is 11.7 Å². The summed E-state index contributed by atoms with van der Waals surface area (Å²) in [5.74, 6) is -0.451. The number of carboxylic acid groups (broad SMARTS) is 1. The third-order valence-electron chi connectivity index (χ3n) is 6.45. The van der Waals surface area contributed by atoms with Gasteiger partial charge in [-0.3, -0.25) is 4.79 Å². The van der Waals surface area contributed by atoms with Gasteiger partial charge in [0.25, 0.3) is 0 Å². The molecule has 192 valence electrons. The molecular formula is C27H28BrN5O4. The van der Waals surface area contributed by atoms with E-state index in [-0.39, 0.29) is 6.04 Å². The molecule has 2 aromatic carbocycles. The van der Waals surface area contributed by atoms with Crippen LogP contribution in [0.5, 0.6) is 11.6 Å². The molecule has 37 heavy (non-hydrogen) atoms. The highest BCUT2D eigenvalue weighted by Crippen LogP contribution is 2.33. The molecule has 1 unspecified atom stereocenters. The van der Waals surface area contributed by atoms with E-state index in [0.717, 1.165) is 42.7 Å². The van der Waals surface area contributed by atoms with Crippen LogP contribution in [0.1, 0.15) is 41.0 Å². The maximum atomic E-state index is 11.4. The van der Waals surface area contributed by atoms with Gasteiger partial charge in [-0.25, -0.2) is 4.98 Å². The fourth-order valence-corrected chi connectivity index (χ4v) is 4.77. The Morgan fingerprint density at radius 1 is 1.27 bits per heavy atom. The summed E-state index contributed by atoms with van der Waals surface area (Å²) in [5.41, 5.74) is 3.82. The van der Waals surface area contributed by atoms with Crippen LogP contribution in [-0.4, -0.2) is 51.9 Å². The number of aliphatic hydroxyl groups is 1. The van der Waals surface area contributed by atoms with Crippen LogP contribution in [0, 0.1) is 25.2 Å². The summed E-state index contributed by atoms with van der Waals surface area (Å²) in [6.45, 7) is 4.91. The first kappa shape index (κ1) is 26.4. The monoisotopic (exact) mass is 565 g/mol. The number of nitrogens with one attached hydrogen (secondary N) is 1. The number of hydrogen-bond acceptors (Lipinski definition) is 8. The second kappa shape index (κ2) is 11.6.